The number of nitrogens with one attached hydrogen (secondary N) is 1. The van der Waals surface area contributed by atoms with E-state index in [-0.39, 0.29) is 24.5 Å². The molecule has 1 aromatic heterocycles. The molecule has 0 spiro atoms. The Hall–Kier alpha value is -1.58. The summed E-state index contributed by atoms with van der Waals surface area (Å²) in [4.78, 5) is 3.71. The molecule has 0 saturated carbocycles. The molecule has 0 aliphatic carbocycles. The summed E-state index contributed by atoms with van der Waals surface area (Å²) < 4.78 is 35.3. The van der Waals surface area contributed by atoms with Gasteiger partial charge in [-0.25, -0.2) is 4.98 Å². The number of hydrogen-bond acceptors (Lipinski definition) is 3. The summed E-state index contributed by atoms with van der Waals surface area (Å²) in [5, 5.41) is 14.2. The van der Waals surface area contributed by atoms with Crippen LogP contribution in [0.15, 0.2) is 0 Å². The van der Waals surface area contributed by atoms with Gasteiger partial charge < -0.3 is 0 Å². The quantitative estimate of drug-likeness (QED) is 0.808. The van der Waals surface area contributed by atoms with Gasteiger partial charge in [-0.05, 0) is 0 Å². The summed E-state index contributed by atoms with van der Waals surface area (Å²) in [7, 11) is 0. The predicted octanol–water partition coefficient (Wildman–Crippen LogP) is 1.37. The van der Waals surface area contributed by atoms with Gasteiger partial charge in [0.15, 0.2) is 5.82 Å². The smallest absolute Gasteiger partial charge is 0.263 e. The third kappa shape index (κ3) is 3.43. The van der Waals surface area contributed by atoms with E-state index < -0.39 is 12.6 Å². The monoisotopic (exact) mass is 204 g/mol. The second-order valence-corrected chi connectivity index (χ2v) is 2.65. The zero-order valence-corrected chi connectivity index (χ0v) is 7.10. The predicted molar refractivity (Wildman–Crippen MR) is 40.1 cm³/mol. The third-order valence-corrected chi connectivity index (χ3v) is 1.46. The van der Waals surface area contributed by atoms with Crippen molar-refractivity contribution in [2.45, 2.75) is 25.4 Å². The largest absolute Gasteiger partial charge is 0.389 e. The minimum absolute atomic E-state index is 0.00250. The molecule has 1 aromatic rings. The summed E-state index contributed by atoms with van der Waals surface area (Å²) in [5.74, 6) is 0.386. The van der Waals surface area contributed by atoms with E-state index in [1.165, 1.54) is 0 Å². The van der Waals surface area contributed by atoms with E-state index in [0.717, 1.165) is 0 Å². The van der Waals surface area contributed by atoms with Crippen molar-refractivity contribution in [2.24, 2.45) is 0 Å². The summed E-state index contributed by atoms with van der Waals surface area (Å²) in [6, 6.07) is 1.80. The standard InChI is InChI=1S/C7H7F3N4/c8-7(9,10)3-1-5-12-6(2-4-11)14-13-5/h1-3H2,(H,12,13,14). The summed E-state index contributed by atoms with van der Waals surface area (Å²) in [5.41, 5.74) is 0. The maximum absolute atomic E-state index is 11.8. The Bertz CT molecular complexity index is 335. The van der Waals surface area contributed by atoms with Crippen LogP contribution in [0.5, 0.6) is 0 Å². The lowest BCUT2D eigenvalue weighted by molar-refractivity contribution is -0.134. The van der Waals surface area contributed by atoms with Crippen LogP contribution < -0.4 is 0 Å². The molecule has 76 valence electrons. The van der Waals surface area contributed by atoms with Crippen molar-refractivity contribution in [1.82, 2.24) is 15.2 Å². The van der Waals surface area contributed by atoms with Gasteiger partial charge >= 0.3 is 6.18 Å². The van der Waals surface area contributed by atoms with Crippen LogP contribution in [0, 0.1) is 11.3 Å². The van der Waals surface area contributed by atoms with E-state index in [4.69, 9.17) is 5.26 Å². The number of aromatic nitrogens is 3. The molecule has 1 N–H and O–H groups in total. The van der Waals surface area contributed by atoms with Gasteiger partial charge in [0.25, 0.3) is 0 Å². The first-order chi connectivity index (χ1) is 6.51. The van der Waals surface area contributed by atoms with Crippen LogP contribution in [0.25, 0.3) is 0 Å². The van der Waals surface area contributed by atoms with Crippen LogP contribution in [0.3, 0.4) is 0 Å². The van der Waals surface area contributed by atoms with Gasteiger partial charge in [-0.3, -0.25) is 5.10 Å². The molecule has 0 bridgehead atoms. The van der Waals surface area contributed by atoms with Crippen LogP contribution in [0.2, 0.25) is 0 Å². The van der Waals surface area contributed by atoms with Crippen molar-refractivity contribution in [2.75, 3.05) is 0 Å². The van der Waals surface area contributed by atoms with E-state index in [9.17, 15) is 13.2 Å². The van der Waals surface area contributed by atoms with Gasteiger partial charge in [-0.2, -0.15) is 23.5 Å². The lowest BCUT2D eigenvalue weighted by atomic mass is 10.3. The fraction of sp³-hybridized carbons (Fsp3) is 0.571. The first-order valence-corrected chi connectivity index (χ1v) is 3.85. The van der Waals surface area contributed by atoms with Crippen molar-refractivity contribution in [3.05, 3.63) is 11.6 Å². The topological polar surface area (TPSA) is 65.4 Å². The van der Waals surface area contributed by atoms with Crippen LogP contribution in [0.4, 0.5) is 13.2 Å². The molecule has 0 unspecified atom stereocenters. The maximum Gasteiger partial charge on any atom is 0.389 e. The van der Waals surface area contributed by atoms with Crippen molar-refractivity contribution >= 4 is 0 Å². The minimum atomic E-state index is -4.19. The molecule has 0 amide bonds. The highest BCUT2D eigenvalue weighted by Gasteiger charge is 2.27. The molecule has 0 saturated heterocycles. The number of rotatable bonds is 3. The van der Waals surface area contributed by atoms with Crippen LogP contribution >= 0.6 is 0 Å². The molecule has 0 radical (unpaired) electrons. The van der Waals surface area contributed by atoms with Gasteiger partial charge in [0.05, 0.1) is 18.9 Å². The molecular weight excluding hydrogens is 197 g/mol. The SMILES string of the molecule is N#CCc1n[nH]c(CCC(F)(F)F)n1. The molecule has 0 aliphatic heterocycles. The van der Waals surface area contributed by atoms with Crippen molar-refractivity contribution in [3.8, 4) is 6.07 Å². The van der Waals surface area contributed by atoms with Crippen molar-refractivity contribution < 1.29 is 13.2 Å². The van der Waals surface area contributed by atoms with Gasteiger partial charge in [0, 0.05) is 6.42 Å². The highest BCUT2D eigenvalue weighted by molar-refractivity contribution is 4.96. The highest BCUT2D eigenvalue weighted by Crippen LogP contribution is 2.20. The molecule has 1 heterocycles. The van der Waals surface area contributed by atoms with E-state index >= 15 is 0 Å². The molecule has 0 aliphatic rings. The zero-order valence-electron chi connectivity index (χ0n) is 7.10. The Morgan fingerprint density at radius 2 is 2.14 bits per heavy atom. The van der Waals surface area contributed by atoms with E-state index in [1.54, 1.807) is 6.07 Å². The molecule has 1 rings (SSSR count). The van der Waals surface area contributed by atoms with E-state index in [2.05, 4.69) is 15.2 Å². The van der Waals surface area contributed by atoms with Crippen LogP contribution in [-0.4, -0.2) is 21.4 Å². The average Bonchev–Trinajstić information content (AvgIpc) is 2.49. The Morgan fingerprint density at radius 1 is 1.43 bits per heavy atom. The first kappa shape index (κ1) is 10.5. The Balaban J connectivity index is 2.49. The first-order valence-electron chi connectivity index (χ1n) is 3.85. The summed E-state index contributed by atoms with van der Waals surface area (Å²) in [6.45, 7) is 0. The maximum atomic E-state index is 11.8. The fourth-order valence-corrected chi connectivity index (χ4v) is 0.857. The Labute approximate surface area is 77.8 Å². The fourth-order valence-electron chi connectivity index (χ4n) is 0.857. The molecule has 14 heavy (non-hydrogen) atoms. The third-order valence-electron chi connectivity index (χ3n) is 1.46. The van der Waals surface area contributed by atoms with Gasteiger partial charge in [-0.15, -0.1) is 0 Å². The normalized spacial score (nSPS) is 11.3. The number of aryl methyl sites for hydroxylation is 1. The molecule has 4 nitrogen and oxygen atoms in total. The molecule has 0 atom stereocenters. The molecule has 7 heteroatoms. The zero-order chi connectivity index (χ0) is 10.6. The van der Waals surface area contributed by atoms with Gasteiger partial charge in [0.2, 0.25) is 0 Å². The summed E-state index contributed by atoms with van der Waals surface area (Å²) in [6.07, 6.45) is -5.36. The van der Waals surface area contributed by atoms with Crippen LogP contribution in [0.1, 0.15) is 18.1 Å². The minimum Gasteiger partial charge on any atom is -0.263 e. The number of halogens is 3. The number of aromatic amines is 1. The van der Waals surface area contributed by atoms with Gasteiger partial charge in [0.1, 0.15) is 5.82 Å². The molecule has 0 aromatic carbocycles. The molecular formula is C7H7F3N4. The highest BCUT2D eigenvalue weighted by atomic mass is 19.4. The van der Waals surface area contributed by atoms with Crippen LogP contribution in [-0.2, 0) is 12.8 Å². The Kier molecular flexibility index (Phi) is 3.06. The number of hydrogen-bond donors (Lipinski definition) is 1. The molecule has 0 fully saturated rings. The second kappa shape index (κ2) is 4.09. The van der Waals surface area contributed by atoms with Gasteiger partial charge in [-0.1, -0.05) is 0 Å². The van der Waals surface area contributed by atoms with Crippen molar-refractivity contribution in [3.63, 3.8) is 0 Å². The number of alkyl halides is 3. The number of H-pyrrole nitrogens is 1. The Morgan fingerprint density at radius 3 is 2.71 bits per heavy atom. The van der Waals surface area contributed by atoms with E-state index in [1.807, 2.05) is 0 Å². The average molecular weight is 204 g/mol. The number of nitrogens with zero attached hydrogens (tertiary/aromatic N) is 3. The second-order valence-electron chi connectivity index (χ2n) is 2.65. The number of nitriles is 1. The van der Waals surface area contributed by atoms with Crippen molar-refractivity contribution in [1.29, 1.82) is 5.26 Å². The summed E-state index contributed by atoms with van der Waals surface area (Å²) >= 11 is 0. The lowest BCUT2D eigenvalue weighted by Gasteiger charge is -2.02. The lowest BCUT2D eigenvalue weighted by Crippen LogP contribution is -2.09. The van der Waals surface area contributed by atoms with E-state index in [0.29, 0.717) is 0 Å².